The fourth-order valence-electron chi connectivity index (χ4n) is 8.51. The average molecular weight is 1120 g/mol. The zero-order valence-corrected chi connectivity index (χ0v) is 45.0. The molecular formula is C64H80N3OPt-. The molecule has 2 heterocycles. The minimum Gasteiger partial charge on any atom is -0.507 e. The fraction of sp³-hybridized carbons (Fsp3) is 0.438. The maximum Gasteiger partial charge on any atom is 0.148 e. The Morgan fingerprint density at radius 3 is 1.61 bits per heavy atom. The van der Waals surface area contributed by atoms with Crippen LogP contribution in [-0.4, -0.2) is 19.6 Å². The molecule has 0 fully saturated rings. The molecule has 368 valence electrons. The molecule has 0 atom stereocenters. The molecule has 5 heteroatoms. The summed E-state index contributed by atoms with van der Waals surface area (Å²) < 4.78 is 182. The summed E-state index contributed by atoms with van der Waals surface area (Å²) in [5.41, 5.74) is -8.14. The van der Waals surface area contributed by atoms with Crippen LogP contribution in [0.5, 0.6) is 5.75 Å². The van der Waals surface area contributed by atoms with Crippen molar-refractivity contribution < 1.29 is 53.6 Å². The van der Waals surface area contributed by atoms with Crippen molar-refractivity contribution >= 4 is 11.0 Å². The second kappa shape index (κ2) is 18.1. The van der Waals surface area contributed by atoms with E-state index in [1.165, 1.54) is 4.57 Å². The molecule has 0 bridgehead atoms. The summed E-state index contributed by atoms with van der Waals surface area (Å²) >= 11 is 0. The third-order valence-corrected chi connectivity index (χ3v) is 12.6. The molecule has 0 saturated carbocycles. The number of aromatic hydroxyl groups is 1. The molecule has 7 rings (SSSR count). The first-order valence-corrected chi connectivity index (χ1v) is 23.1. The van der Waals surface area contributed by atoms with Crippen LogP contribution < -0.4 is 0 Å². The van der Waals surface area contributed by atoms with Crippen LogP contribution >= 0.6 is 0 Å². The second-order valence-electron chi connectivity index (χ2n) is 23.5. The van der Waals surface area contributed by atoms with Crippen LogP contribution in [0.25, 0.3) is 61.6 Å². The van der Waals surface area contributed by atoms with E-state index < -0.39 is 114 Å². The third-order valence-electron chi connectivity index (χ3n) is 12.6. The van der Waals surface area contributed by atoms with Gasteiger partial charge in [0.25, 0.3) is 0 Å². The van der Waals surface area contributed by atoms with Gasteiger partial charge >= 0.3 is 0 Å². The third kappa shape index (κ3) is 10.9. The summed E-state index contributed by atoms with van der Waals surface area (Å²) in [5, 5.41) is 13.4. The van der Waals surface area contributed by atoms with E-state index in [1.807, 2.05) is 119 Å². The van der Waals surface area contributed by atoms with Crippen LogP contribution in [0.2, 0.25) is 0 Å². The number of phenols is 1. The molecule has 1 N–H and O–H groups in total. The van der Waals surface area contributed by atoms with Crippen molar-refractivity contribution in [2.75, 3.05) is 0 Å². The number of imidazole rings is 1. The van der Waals surface area contributed by atoms with Crippen LogP contribution in [0.1, 0.15) is 211 Å². The van der Waals surface area contributed by atoms with Crippen molar-refractivity contribution in [2.45, 2.75) is 183 Å². The summed E-state index contributed by atoms with van der Waals surface area (Å²) in [6, 6.07) is 25.2. The van der Waals surface area contributed by atoms with Crippen LogP contribution in [0, 0.1) is 6.07 Å². The maximum atomic E-state index is 13.4. The van der Waals surface area contributed by atoms with Crippen molar-refractivity contribution in [1.82, 2.24) is 14.5 Å². The summed E-state index contributed by atoms with van der Waals surface area (Å²) in [7, 11) is 0. The van der Waals surface area contributed by atoms with Gasteiger partial charge in [0.1, 0.15) is 11.6 Å². The van der Waals surface area contributed by atoms with Gasteiger partial charge in [-0.3, -0.25) is 9.55 Å². The Hall–Kier alpha value is -4.79. The largest absolute Gasteiger partial charge is 0.507 e. The van der Waals surface area contributed by atoms with Gasteiger partial charge in [-0.1, -0.05) is 217 Å². The number of hydrogen-bond donors (Lipinski definition) is 1. The zero-order chi connectivity index (χ0) is 67.2. The van der Waals surface area contributed by atoms with Crippen molar-refractivity contribution in [3.8, 4) is 56.3 Å². The van der Waals surface area contributed by atoms with Gasteiger partial charge in [0.2, 0.25) is 0 Å². The smallest absolute Gasteiger partial charge is 0.148 e. The Bertz CT molecular complexity index is 3640. The number of para-hydroxylation sites is 1. The second-order valence-corrected chi connectivity index (χ2v) is 23.5. The molecular weight excluding hydrogens is 1020 g/mol. The molecule has 2 aromatic heterocycles. The minimum absolute atomic E-state index is 0. The quantitative estimate of drug-likeness (QED) is 0.175. The summed E-state index contributed by atoms with van der Waals surface area (Å²) in [6.07, 6.45) is 1.70. The first-order chi connectivity index (χ1) is 39.4. The molecule has 0 spiro atoms. The Balaban J connectivity index is 0.0000126. The van der Waals surface area contributed by atoms with E-state index in [0.29, 0.717) is 39.2 Å². The number of phenolic OH excluding ortho intramolecular Hbond substituents is 1. The summed E-state index contributed by atoms with van der Waals surface area (Å²) in [6.45, 7) is 4.20. The predicted octanol–water partition coefficient (Wildman–Crippen LogP) is 17.7. The van der Waals surface area contributed by atoms with Gasteiger partial charge in [0, 0.05) is 63.2 Å². The first-order valence-electron chi connectivity index (χ1n) is 33.1. The van der Waals surface area contributed by atoms with Crippen molar-refractivity contribution in [3.63, 3.8) is 0 Å². The van der Waals surface area contributed by atoms with E-state index in [1.54, 1.807) is 24.4 Å². The zero-order valence-electron chi connectivity index (χ0n) is 62.7. The number of hydrogen-bond acceptors (Lipinski definition) is 3. The van der Waals surface area contributed by atoms with Gasteiger partial charge in [-0.25, -0.2) is 4.98 Å². The van der Waals surface area contributed by atoms with E-state index in [-0.39, 0.29) is 37.5 Å². The molecule has 0 saturated heterocycles. The van der Waals surface area contributed by atoms with Crippen LogP contribution in [0.4, 0.5) is 0 Å². The van der Waals surface area contributed by atoms with Crippen molar-refractivity contribution in [2.24, 2.45) is 0 Å². The summed E-state index contributed by atoms with van der Waals surface area (Å²) in [4.78, 5) is 10.1. The Labute approximate surface area is 459 Å². The van der Waals surface area contributed by atoms with E-state index in [4.69, 9.17) is 34.6 Å². The molecule has 0 aliphatic rings. The monoisotopic (exact) mass is 1120 g/mol. The number of pyridine rings is 1. The Morgan fingerprint density at radius 1 is 0.522 bits per heavy atom. The number of aromatic nitrogens is 3. The van der Waals surface area contributed by atoms with Gasteiger partial charge in [0.05, 0.1) is 25.0 Å². The molecule has 7 aromatic rings. The average Bonchev–Trinajstić information content (AvgIpc) is 1.20. The molecule has 0 aliphatic carbocycles. The molecule has 0 amide bonds. The van der Waals surface area contributed by atoms with Crippen molar-refractivity contribution in [3.05, 3.63) is 142 Å². The van der Waals surface area contributed by atoms with Gasteiger partial charge < -0.3 is 5.11 Å². The van der Waals surface area contributed by atoms with Gasteiger partial charge in [-0.05, 0) is 95.0 Å². The molecule has 69 heavy (non-hydrogen) atoms. The molecule has 0 unspecified atom stereocenters. The standard InChI is InChI=1S/C64H80N3O.Pt/c1-58(2,3)43-27-25-39(26-28-43)40-29-30-65-52(34-40)42-31-41(32-44(33-42)59(4,5)6)47-23-22-24-53-54(47)66-57(48-35-45(60(7,8)9)38-51(56(48)68)64(19,20)21)67(53)55-49(62(13,14)15)36-46(61(10,11)12)37-50(55)63(16,17)18;/h22-30,32-38,68H,1-21H3;/q-1;/i7D3,8D3,9D3,19D3,20D3,21D3,35D,38D;. The normalized spacial score (nSPS) is 18.6. The maximum absolute atomic E-state index is 13.4. The van der Waals surface area contributed by atoms with E-state index >= 15 is 0 Å². The van der Waals surface area contributed by atoms with Crippen LogP contribution in [-0.2, 0) is 59.0 Å². The SMILES string of the molecule is [2H]c1c(-c2nc3c(-c4[c-]c(-c5cc(-c6ccc(C(C)(C)C)cc6)ccn5)cc(C(C)(C)C)c4)cccc3n2-c2c(C(C)(C)C)cc(C(C)(C)C)cc2C(C)(C)C)c(O)c(C(C([2H])([2H])[2H])(C([2H])([2H])[2H])C([2H])([2H])[2H])c([2H])c1C(C([2H])([2H])[2H])(C([2H])([2H])[2H])C([2H])([2H])[2H].[Pt]. The van der Waals surface area contributed by atoms with Crippen LogP contribution in [0.15, 0.2) is 97.1 Å². The molecule has 0 radical (unpaired) electrons. The molecule has 4 nitrogen and oxygen atoms in total. The topological polar surface area (TPSA) is 50.9 Å². The minimum atomic E-state index is -4.43. The number of rotatable bonds is 5. The van der Waals surface area contributed by atoms with E-state index in [2.05, 4.69) is 51.1 Å². The number of benzene rings is 5. The van der Waals surface area contributed by atoms with Gasteiger partial charge in [-0.2, -0.15) is 0 Å². The molecule has 5 aromatic carbocycles. The molecule has 0 aliphatic heterocycles. The Morgan fingerprint density at radius 2 is 1.07 bits per heavy atom. The van der Waals surface area contributed by atoms with E-state index in [9.17, 15) is 7.85 Å². The number of nitrogens with zero attached hydrogens (tertiary/aromatic N) is 3. The first kappa shape index (κ1) is 32.2. The Kier molecular flexibility index (Phi) is 8.46. The van der Waals surface area contributed by atoms with Gasteiger partial charge in [-0.15, -0.1) is 29.3 Å². The van der Waals surface area contributed by atoms with Gasteiger partial charge in [0.15, 0.2) is 0 Å². The fourth-order valence-corrected chi connectivity index (χ4v) is 8.51. The van der Waals surface area contributed by atoms with Crippen molar-refractivity contribution in [1.29, 1.82) is 0 Å². The number of fused-ring (bicyclic) bond motifs is 1. The van der Waals surface area contributed by atoms with Crippen LogP contribution in [0.3, 0.4) is 0 Å². The predicted molar refractivity (Wildman–Crippen MR) is 292 cm³/mol. The summed E-state index contributed by atoms with van der Waals surface area (Å²) in [5.74, 6) is -2.31. The van der Waals surface area contributed by atoms with E-state index in [0.717, 1.165) is 27.8 Å².